The zero-order valence-corrected chi connectivity index (χ0v) is 14.6. The van der Waals surface area contributed by atoms with Crippen LogP contribution in [0, 0.1) is 12.7 Å². The van der Waals surface area contributed by atoms with Crippen LogP contribution < -0.4 is 4.72 Å². The molecule has 1 aromatic carbocycles. The van der Waals surface area contributed by atoms with Crippen LogP contribution in [0.3, 0.4) is 0 Å². The number of hydrogen-bond acceptors (Lipinski definition) is 4. The molecule has 7 heteroatoms. The van der Waals surface area contributed by atoms with E-state index in [0.29, 0.717) is 5.56 Å². The second-order valence-corrected chi connectivity index (χ2v) is 8.48. The monoisotopic (exact) mass is 367 g/mol. The Balaban J connectivity index is 1.99. The van der Waals surface area contributed by atoms with Crippen molar-refractivity contribution in [2.75, 3.05) is 0 Å². The molecule has 120 valence electrons. The van der Waals surface area contributed by atoms with E-state index in [2.05, 4.69) is 4.72 Å². The summed E-state index contributed by atoms with van der Waals surface area (Å²) in [5.41, 5.74) is 1.27. The topological polar surface area (TPSA) is 46.2 Å². The summed E-state index contributed by atoms with van der Waals surface area (Å²) in [6.07, 6.45) is 0. The van der Waals surface area contributed by atoms with Gasteiger partial charge in [0.2, 0.25) is 10.0 Å². The van der Waals surface area contributed by atoms with Crippen LogP contribution in [0.15, 0.2) is 57.4 Å². The fraction of sp³-hybridized carbons (Fsp3) is 0.125. The molecule has 2 heterocycles. The Labute approximate surface area is 142 Å². The molecule has 3 aromatic rings. The molecule has 1 N–H and O–H groups in total. The molecule has 0 saturated heterocycles. The molecule has 2 aromatic heterocycles. The maximum absolute atomic E-state index is 13.2. The summed E-state index contributed by atoms with van der Waals surface area (Å²) >= 11 is 3.00. The number of nitrogens with one attached hydrogen (secondary N) is 1. The Kier molecular flexibility index (Phi) is 4.63. The van der Waals surface area contributed by atoms with Gasteiger partial charge >= 0.3 is 0 Å². The molecule has 0 aliphatic carbocycles. The van der Waals surface area contributed by atoms with Crippen LogP contribution in [0.2, 0.25) is 0 Å². The van der Waals surface area contributed by atoms with Crippen LogP contribution in [0.1, 0.15) is 22.0 Å². The van der Waals surface area contributed by atoms with Crippen molar-refractivity contribution in [3.8, 4) is 0 Å². The standard InChI is InChI=1S/C16H14FNO2S3/c1-11-9-13(17)4-5-15(11)23(19,20)18-16(12-6-8-21-10-12)14-3-2-7-22-14/h2-10,16,18H,1H3/t16-/m0/s1. The number of sulfonamides is 1. The third-order valence-corrected chi connectivity index (χ3v) is 6.63. The van der Waals surface area contributed by atoms with Crippen LogP contribution in [0.5, 0.6) is 0 Å². The van der Waals surface area contributed by atoms with Gasteiger partial charge in [0, 0.05) is 4.88 Å². The molecule has 1 atom stereocenters. The van der Waals surface area contributed by atoms with Gasteiger partial charge in [-0.25, -0.2) is 12.8 Å². The highest BCUT2D eigenvalue weighted by Gasteiger charge is 2.25. The van der Waals surface area contributed by atoms with Gasteiger partial charge in [0.05, 0.1) is 10.9 Å². The van der Waals surface area contributed by atoms with Crippen LogP contribution in [0.25, 0.3) is 0 Å². The minimum absolute atomic E-state index is 0.0932. The van der Waals surface area contributed by atoms with Crippen molar-refractivity contribution in [3.05, 3.63) is 74.4 Å². The average Bonchev–Trinajstić information content (AvgIpc) is 3.18. The van der Waals surface area contributed by atoms with Crippen molar-refractivity contribution in [1.82, 2.24) is 4.72 Å². The summed E-state index contributed by atoms with van der Waals surface area (Å²) < 4.78 is 41.5. The molecule has 0 aliphatic heterocycles. The first-order valence-corrected chi connectivity index (χ1v) is 10.1. The molecule has 0 aliphatic rings. The average molecular weight is 367 g/mol. The second kappa shape index (κ2) is 6.52. The number of thiophene rings is 2. The lowest BCUT2D eigenvalue weighted by molar-refractivity contribution is 0.572. The van der Waals surface area contributed by atoms with Gasteiger partial charge in [0.25, 0.3) is 0 Å². The Morgan fingerprint density at radius 1 is 1.17 bits per heavy atom. The highest BCUT2D eigenvalue weighted by Crippen LogP contribution is 2.29. The third-order valence-electron chi connectivity index (χ3n) is 3.40. The molecule has 0 spiro atoms. The van der Waals surface area contributed by atoms with Gasteiger partial charge < -0.3 is 0 Å². The van der Waals surface area contributed by atoms with E-state index in [1.54, 1.807) is 6.92 Å². The number of aryl methyl sites for hydroxylation is 1. The quantitative estimate of drug-likeness (QED) is 0.730. The van der Waals surface area contributed by atoms with Crippen LogP contribution in [-0.4, -0.2) is 8.42 Å². The summed E-state index contributed by atoms with van der Waals surface area (Å²) in [5.74, 6) is -0.450. The third kappa shape index (κ3) is 3.53. The van der Waals surface area contributed by atoms with E-state index in [4.69, 9.17) is 0 Å². The van der Waals surface area contributed by atoms with Crippen molar-refractivity contribution >= 4 is 32.7 Å². The lowest BCUT2D eigenvalue weighted by Gasteiger charge is -2.17. The maximum atomic E-state index is 13.2. The van der Waals surface area contributed by atoms with Gasteiger partial charge in [0.15, 0.2) is 0 Å². The molecule has 0 saturated carbocycles. The second-order valence-electron chi connectivity index (χ2n) is 5.04. The van der Waals surface area contributed by atoms with Crippen molar-refractivity contribution in [3.63, 3.8) is 0 Å². The largest absolute Gasteiger partial charge is 0.241 e. The zero-order valence-electron chi connectivity index (χ0n) is 12.2. The van der Waals surface area contributed by atoms with Gasteiger partial charge in [-0.15, -0.1) is 11.3 Å². The van der Waals surface area contributed by atoms with Crippen LogP contribution >= 0.6 is 22.7 Å². The SMILES string of the molecule is Cc1cc(F)ccc1S(=O)(=O)N[C@@H](c1ccsc1)c1cccs1. The minimum Gasteiger partial charge on any atom is -0.207 e. The Hall–Kier alpha value is -1.54. The minimum atomic E-state index is -3.76. The predicted octanol–water partition coefficient (Wildman–Crippen LogP) is 4.33. The molecule has 0 fully saturated rings. The molecule has 0 bridgehead atoms. The normalized spacial score (nSPS) is 13.1. The summed E-state index contributed by atoms with van der Waals surface area (Å²) in [6.45, 7) is 1.59. The van der Waals surface area contributed by atoms with Gasteiger partial charge in [0.1, 0.15) is 5.82 Å². The summed E-state index contributed by atoms with van der Waals surface area (Å²) in [7, 11) is -3.76. The molecule has 3 nitrogen and oxygen atoms in total. The first-order chi connectivity index (χ1) is 11.0. The predicted molar refractivity (Wildman–Crippen MR) is 91.9 cm³/mol. The molecule has 23 heavy (non-hydrogen) atoms. The van der Waals surface area contributed by atoms with E-state index in [9.17, 15) is 12.8 Å². The molecule has 0 amide bonds. The van der Waals surface area contributed by atoms with Crippen molar-refractivity contribution in [2.24, 2.45) is 0 Å². The van der Waals surface area contributed by atoms with Gasteiger partial charge in [-0.2, -0.15) is 16.1 Å². The molecule has 3 rings (SSSR count). The Bertz CT molecular complexity index is 853. The molecular formula is C16H14FNO2S3. The van der Waals surface area contributed by atoms with Crippen LogP contribution in [-0.2, 0) is 10.0 Å². The van der Waals surface area contributed by atoms with E-state index in [1.165, 1.54) is 34.8 Å². The van der Waals surface area contributed by atoms with E-state index < -0.39 is 21.9 Å². The summed E-state index contributed by atoms with van der Waals surface area (Å²) in [4.78, 5) is 1.00. The highest BCUT2D eigenvalue weighted by molar-refractivity contribution is 7.89. The smallest absolute Gasteiger partial charge is 0.207 e. The number of halogens is 1. The van der Waals surface area contributed by atoms with Crippen molar-refractivity contribution in [1.29, 1.82) is 0 Å². The van der Waals surface area contributed by atoms with Gasteiger partial charge in [-0.05, 0) is 64.5 Å². The lowest BCUT2D eigenvalue weighted by Crippen LogP contribution is -2.29. The van der Waals surface area contributed by atoms with Crippen molar-refractivity contribution in [2.45, 2.75) is 17.9 Å². The van der Waals surface area contributed by atoms with Gasteiger partial charge in [-0.1, -0.05) is 6.07 Å². The number of benzene rings is 1. The van der Waals surface area contributed by atoms with Crippen LogP contribution in [0.4, 0.5) is 4.39 Å². The van der Waals surface area contributed by atoms with Crippen molar-refractivity contribution < 1.29 is 12.8 Å². The zero-order chi connectivity index (χ0) is 16.4. The Morgan fingerprint density at radius 3 is 2.61 bits per heavy atom. The number of hydrogen-bond donors (Lipinski definition) is 1. The fourth-order valence-corrected chi connectivity index (χ4v) is 5.31. The molecular weight excluding hydrogens is 353 g/mol. The summed E-state index contributed by atoms with van der Waals surface area (Å²) in [6, 6.07) is 8.91. The fourth-order valence-electron chi connectivity index (χ4n) is 2.32. The van der Waals surface area contributed by atoms with E-state index >= 15 is 0 Å². The number of rotatable bonds is 5. The summed E-state index contributed by atoms with van der Waals surface area (Å²) in [5, 5.41) is 5.74. The maximum Gasteiger partial charge on any atom is 0.241 e. The highest BCUT2D eigenvalue weighted by atomic mass is 32.2. The van der Waals surface area contributed by atoms with E-state index in [1.807, 2.05) is 34.3 Å². The first-order valence-electron chi connectivity index (χ1n) is 6.81. The van der Waals surface area contributed by atoms with Gasteiger partial charge in [-0.3, -0.25) is 0 Å². The van der Waals surface area contributed by atoms with E-state index in [-0.39, 0.29) is 4.90 Å². The van der Waals surface area contributed by atoms with E-state index in [0.717, 1.165) is 16.5 Å². The molecule has 0 radical (unpaired) electrons. The first kappa shape index (κ1) is 16.3. The Morgan fingerprint density at radius 2 is 2.00 bits per heavy atom. The molecule has 0 unspecified atom stereocenters. The lowest BCUT2D eigenvalue weighted by atomic mass is 10.1.